The number of carbonyl (C=O) groups is 1. The van der Waals surface area contributed by atoms with Gasteiger partial charge in [0.2, 0.25) is 0 Å². The van der Waals surface area contributed by atoms with E-state index in [0.29, 0.717) is 5.03 Å². The number of nitrogens with zero attached hydrogens (tertiary/aromatic N) is 2. The summed E-state index contributed by atoms with van der Waals surface area (Å²) < 4.78 is 0. The van der Waals surface area contributed by atoms with Crippen molar-refractivity contribution in [3.63, 3.8) is 0 Å². The van der Waals surface area contributed by atoms with Crippen LogP contribution in [0, 0.1) is 0 Å². The monoisotopic (exact) mass is 240 g/mol. The molecule has 1 aromatic rings. The summed E-state index contributed by atoms with van der Waals surface area (Å²) in [5.41, 5.74) is 0.289. The Hall–Kier alpha value is -1.07. The van der Waals surface area contributed by atoms with Crippen LogP contribution in [0.5, 0.6) is 0 Å². The lowest BCUT2D eigenvalue weighted by Gasteiger charge is -2.08. The summed E-state index contributed by atoms with van der Waals surface area (Å²) >= 11 is 1.50. The van der Waals surface area contributed by atoms with E-state index in [1.807, 2.05) is 14.1 Å². The maximum absolute atomic E-state index is 10.9. The van der Waals surface area contributed by atoms with Gasteiger partial charge < -0.3 is 10.0 Å². The highest BCUT2D eigenvalue weighted by Gasteiger charge is 2.10. The molecule has 0 unspecified atom stereocenters. The molecule has 5 heteroatoms. The summed E-state index contributed by atoms with van der Waals surface area (Å²) in [6, 6.07) is 3.23. The fourth-order valence-electron chi connectivity index (χ4n) is 1.22. The van der Waals surface area contributed by atoms with Gasteiger partial charge in [-0.05, 0) is 39.2 Å². The van der Waals surface area contributed by atoms with Crippen molar-refractivity contribution in [2.75, 3.05) is 26.4 Å². The molecule has 0 aromatic carbocycles. The van der Waals surface area contributed by atoms with Crippen LogP contribution in [0.25, 0.3) is 0 Å². The normalized spacial score (nSPS) is 10.7. The lowest BCUT2D eigenvalue weighted by atomic mass is 10.3. The molecule has 0 aliphatic heterocycles. The van der Waals surface area contributed by atoms with Gasteiger partial charge in [-0.1, -0.05) is 0 Å². The molecule has 0 atom stereocenters. The first-order valence-corrected chi connectivity index (χ1v) is 6.05. The third-order valence-electron chi connectivity index (χ3n) is 1.99. The van der Waals surface area contributed by atoms with E-state index in [4.69, 9.17) is 5.11 Å². The minimum Gasteiger partial charge on any atom is -0.478 e. The number of carboxylic acid groups (broad SMARTS) is 1. The zero-order valence-corrected chi connectivity index (χ0v) is 10.3. The number of carboxylic acids is 1. The molecule has 1 aromatic heterocycles. The minimum atomic E-state index is -0.914. The molecule has 0 radical (unpaired) electrons. The molecule has 0 fully saturated rings. The van der Waals surface area contributed by atoms with Gasteiger partial charge in [-0.2, -0.15) is 0 Å². The zero-order chi connectivity index (χ0) is 12.0. The predicted molar refractivity (Wildman–Crippen MR) is 65.1 cm³/mol. The van der Waals surface area contributed by atoms with Gasteiger partial charge in [-0.15, -0.1) is 11.8 Å². The van der Waals surface area contributed by atoms with Crippen molar-refractivity contribution in [3.8, 4) is 0 Å². The SMILES string of the molecule is CN(C)CCCSc1ncccc1C(=O)O. The highest BCUT2D eigenvalue weighted by atomic mass is 32.2. The Labute approximate surface area is 99.7 Å². The molecule has 0 spiro atoms. The largest absolute Gasteiger partial charge is 0.478 e. The number of rotatable bonds is 6. The predicted octanol–water partition coefficient (Wildman–Crippen LogP) is 1.82. The number of aromatic carboxylic acids is 1. The van der Waals surface area contributed by atoms with Crippen LogP contribution in [-0.4, -0.2) is 47.4 Å². The Morgan fingerprint density at radius 2 is 2.31 bits per heavy atom. The van der Waals surface area contributed by atoms with E-state index < -0.39 is 5.97 Å². The van der Waals surface area contributed by atoms with E-state index in [-0.39, 0.29) is 5.56 Å². The number of thioether (sulfide) groups is 1. The van der Waals surface area contributed by atoms with Gasteiger partial charge in [-0.3, -0.25) is 0 Å². The molecule has 16 heavy (non-hydrogen) atoms. The smallest absolute Gasteiger partial charge is 0.338 e. The quantitative estimate of drug-likeness (QED) is 0.607. The van der Waals surface area contributed by atoms with E-state index in [2.05, 4.69) is 9.88 Å². The van der Waals surface area contributed by atoms with Gasteiger partial charge in [0.05, 0.1) is 5.56 Å². The van der Waals surface area contributed by atoms with Gasteiger partial charge in [0.15, 0.2) is 0 Å². The lowest BCUT2D eigenvalue weighted by Crippen LogP contribution is -2.13. The molecule has 4 nitrogen and oxygen atoms in total. The van der Waals surface area contributed by atoms with Gasteiger partial charge in [0, 0.05) is 11.9 Å². The molecule has 88 valence electrons. The van der Waals surface area contributed by atoms with E-state index in [1.54, 1.807) is 18.3 Å². The fourth-order valence-corrected chi connectivity index (χ4v) is 2.13. The molecular weight excluding hydrogens is 224 g/mol. The van der Waals surface area contributed by atoms with Crippen molar-refractivity contribution in [1.29, 1.82) is 0 Å². The van der Waals surface area contributed by atoms with Crippen LogP contribution in [0.2, 0.25) is 0 Å². The van der Waals surface area contributed by atoms with Gasteiger partial charge in [0.25, 0.3) is 0 Å². The van der Waals surface area contributed by atoms with Gasteiger partial charge in [0.1, 0.15) is 5.03 Å². The molecule has 0 saturated carbocycles. The summed E-state index contributed by atoms with van der Waals surface area (Å²) in [7, 11) is 4.04. The van der Waals surface area contributed by atoms with Crippen LogP contribution in [0.1, 0.15) is 16.8 Å². The van der Waals surface area contributed by atoms with E-state index in [0.717, 1.165) is 18.7 Å². The van der Waals surface area contributed by atoms with Crippen molar-refractivity contribution >= 4 is 17.7 Å². The van der Waals surface area contributed by atoms with Crippen molar-refractivity contribution in [3.05, 3.63) is 23.9 Å². The van der Waals surface area contributed by atoms with Crippen LogP contribution in [0.4, 0.5) is 0 Å². The third kappa shape index (κ3) is 4.20. The third-order valence-corrected chi connectivity index (χ3v) is 3.08. The second-order valence-corrected chi connectivity index (χ2v) is 4.75. The van der Waals surface area contributed by atoms with E-state index in [9.17, 15) is 4.79 Å². The summed E-state index contributed by atoms with van der Waals surface area (Å²) in [4.78, 5) is 17.1. The molecule has 1 rings (SSSR count). The molecule has 0 bridgehead atoms. The Morgan fingerprint density at radius 3 is 2.94 bits per heavy atom. The van der Waals surface area contributed by atoms with Crippen LogP contribution in [-0.2, 0) is 0 Å². The van der Waals surface area contributed by atoms with E-state index >= 15 is 0 Å². The summed E-state index contributed by atoms with van der Waals surface area (Å²) in [5.74, 6) is -0.0293. The Morgan fingerprint density at radius 1 is 1.56 bits per heavy atom. The highest BCUT2D eigenvalue weighted by Crippen LogP contribution is 2.20. The Balaban J connectivity index is 2.50. The maximum Gasteiger partial charge on any atom is 0.338 e. The number of hydrogen-bond acceptors (Lipinski definition) is 4. The second kappa shape index (κ2) is 6.50. The topological polar surface area (TPSA) is 53.4 Å². The number of pyridine rings is 1. The zero-order valence-electron chi connectivity index (χ0n) is 9.51. The standard InChI is InChI=1S/C11H16N2O2S/c1-13(2)7-4-8-16-10-9(11(14)15)5-3-6-12-10/h3,5-6H,4,7-8H2,1-2H3,(H,14,15). The van der Waals surface area contributed by atoms with Crippen LogP contribution < -0.4 is 0 Å². The van der Waals surface area contributed by atoms with Crippen molar-refractivity contribution in [2.45, 2.75) is 11.4 Å². The summed E-state index contributed by atoms with van der Waals surface area (Å²) in [6.45, 7) is 1.00. The minimum absolute atomic E-state index is 0.289. The highest BCUT2D eigenvalue weighted by molar-refractivity contribution is 7.99. The lowest BCUT2D eigenvalue weighted by molar-refractivity contribution is 0.0692. The molecule has 1 N–H and O–H groups in total. The van der Waals surface area contributed by atoms with Crippen LogP contribution in [0.15, 0.2) is 23.4 Å². The second-order valence-electron chi connectivity index (χ2n) is 3.67. The first-order chi connectivity index (χ1) is 7.61. The average molecular weight is 240 g/mol. The molecular formula is C11H16N2O2S. The molecule has 0 amide bonds. The first kappa shape index (κ1) is 13.0. The van der Waals surface area contributed by atoms with Gasteiger partial charge >= 0.3 is 5.97 Å². The van der Waals surface area contributed by atoms with Crippen LogP contribution >= 0.6 is 11.8 Å². The van der Waals surface area contributed by atoms with Crippen molar-refractivity contribution in [1.82, 2.24) is 9.88 Å². The van der Waals surface area contributed by atoms with Crippen molar-refractivity contribution in [2.24, 2.45) is 0 Å². The Bertz CT molecular complexity index is 356. The first-order valence-electron chi connectivity index (χ1n) is 5.07. The fraction of sp³-hybridized carbons (Fsp3) is 0.455. The molecule has 0 saturated heterocycles. The molecule has 0 aliphatic rings. The Kier molecular flexibility index (Phi) is 5.28. The maximum atomic E-state index is 10.9. The number of hydrogen-bond donors (Lipinski definition) is 1. The summed E-state index contributed by atoms with van der Waals surface area (Å²) in [5, 5.41) is 9.55. The summed E-state index contributed by atoms with van der Waals surface area (Å²) in [6.07, 6.45) is 2.65. The molecule has 0 aliphatic carbocycles. The van der Waals surface area contributed by atoms with E-state index in [1.165, 1.54) is 11.8 Å². The van der Waals surface area contributed by atoms with Crippen LogP contribution in [0.3, 0.4) is 0 Å². The number of aromatic nitrogens is 1. The molecule has 1 heterocycles. The van der Waals surface area contributed by atoms with Crippen molar-refractivity contribution < 1.29 is 9.90 Å². The van der Waals surface area contributed by atoms with Gasteiger partial charge in [-0.25, -0.2) is 9.78 Å². The average Bonchev–Trinajstić information content (AvgIpc) is 2.24.